The van der Waals surface area contributed by atoms with Crippen LogP contribution in [0.3, 0.4) is 0 Å². The zero-order chi connectivity index (χ0) is 17.2. The van der Waals surface area contributed by atoms with E-state index in [1.165, 1.54) is 0 Å². The maximum atomic E-state index is 11.5. The van der Waals surface area contributed by atoms with E-state index in [2.05, 4.69) is 16.9 Å². The van der Waals surface area contributed by atoms with Gasteiger partial charge in [-0.3, -0.25) is 4.79 Å². The van der Waals surface area contributed by atoms with Gasteiger partial charge in [0.2, 0.25) is 6.41 Å². The van der Waals surface area contributed by atoms with Crippen molar-refractivity contribution in [2.24, 2.45) is 0 Å². The molecule has 0 unspecified atom stereocenters. The van der Waals surface area contributed by atoms with Gasteiger partial charge in [0.15, 0.2) is 0 Å². The van der Waals surface area contributed by atoms with Crippen LogP contribution < -0.4 is 5.73 Å². The first-order valence-corrected chi connectivity index (χ1v) is 9.75. The van der Waals surface area contributed by atoms with E-state index in [0.29, 0.717) is 30.2 Å². The Balaban J connectivity index is 2.94. The Hall–Kier alpha value is -1.25. The molecule has 0 saturated heterocycles. The SMILES string of the molecule is CCCSS/C(CCO)=C(\C)N(C=O)Cc1cnc(C)nc1N. The Morgan fingerprint density at radius 3 is 2.83 bits per heavy atom. The fourth-order valence-corrected chi connectivity index (χ4v) is 4.39. The molecule has 0 atom stereocenters. The molecule has 1 amide bonds. The molecule has 0 aliphatic heterocycles. The van der Waals surface area contributed by atoms with Gasteiger partial charge < -0.3 is 15.7 Å². The molecule has 6 nitrogen and oxygen atoms in total. The summed E-state index contributed by atoms with van der Waals surface area (Å²) in [5.74, 6) is 2.00. The molecule has 0 radical (unpaired) electrons. The number of nitrogens with two attached hydrogens (primary N) is 1. The number of aliphatic hydroxyl groups is 1. The second kappa shape index (κ2) is 10.5. The zero-order valence-corrected chi connectivity index (χ0v) is 15.4. The van der Waals surface area contributed by atoms with Crippen LogP contribution in [0.15, 0.2) is 16.8 Å². The number of aromatic nitrogens is 2. The molecule has 128 valence electrons. The number of anilines is 1. The van der Waals surface area contributed by atoms with E-state index < -0.39 is 0 Å². The lowest BCUT2D eigenvalue weighted by Crippen LogP contribution is -2.21. The molecule has 8 heteroatoms. The maximum Gasteiger partial charge on any atom is 0.214 e. The number of aryl methyl sites for hydroxylation is 1. The standard InChI is InChI=1S/C15H24N4O2S2/c1-4-7-22-23-14(5-6-20)11(2)19(10-21)9-13-8-17-12(3)18-15(13)16/h8,10,20H,4-7,9H2,1-3H3,(H2,16,17,18)/b14-11+. The number of rotatable bonds is 10. The average Bonchev–Trinajstić information content (AvgIpc) is 2.53. The Morgan fingerprint density at radius 2 is 2.26 bits per heavy atom. The minimum atomic E-state index is 0.0504. The normalized spacial score (nSPS) is 12.0. The van der Waals surface area contributed by atoms with Crippen molar-refractivity contribution in [3.63, 3.8) is 0 Å². The molecule has 1 rings (SSSR count). The van der Waals surface area contributed by atoms with Crippen molar-refractivity contribution in [1.29, 1.82) is 0 Å². The fraction of sp³-hybridized carbons (Fsp3) is 0.533. The van der Waals surface area contributed by atoms with Crippen molar-refractivity contribution < 1.29 is 9.90 Å². The monoisotopic (exact) mass is 356 g/mol. The number of hydrogen-bond acceptors (Lipinski definition) is 7. The Bertz CT molecular complexity index is 552. The van der Waals surface area contributed by atoms with E-state index in [9.17, 15) is 9.90 Å². The van der Waals surface area contributed by atoms with Crippen molar-refractivity contribution in [2.75, 3.05) is 18.1 Å². The molecule has 1 aromatic rings. The van der Waals surface area contributed by atoms with E-state index in [-0.39, 0.29) is 6.61 Å². The molecule has 1 aromatic heterocycles. The van der Waals surface area contributed by atoms with Gasteiger partial charge in [-0.05, 0) is 20.3 Å². The second-order valence-electron chi connectivity index (χ2n) is 4.95. The van der Waals surface area contributed by atoms with Crippen LogP contribution in [0.5, 0.6) is 0 Å². The van der Waals surface area contributed by atoms with Crippen molar-refractivity contribution >= 4 is 33.8 Å². The minimum absolute atomic E-state index is 0.0504. The molecular weight excluding hydrogens is 332 g/mol. The third-order valence-corrected chi connectivity index (χ3v) is 5.96. The predicted octanol–water partition coefficient (Wildman–Crippen LogP) is 2.73. The van der Waals surface area contributed by atoms with E-state index in [4.69, 9.17) is 5.73 Å². The summed E-state index contributed by atoms with van der Waals surface area (Å²) in [6.07, 6.45) is 4.03. The van der Waals surface area contributed by atoms with Crippen LogP contribution in [0, 0.1) is 6.92 Å². The fourth-order valence-electron chi connectivity index (χ4n) is 1.79. The summed E-state index contributed by atoms with van der Waals surface area (Å²) in [7, 11) is 3.34. The maximum absolute atomic E-state index is 11.5. The summed E-state index contributed by atoms with van der Waals surface area (Å²) in [6, 6.07) is 0. The number of nitrogens with zero attached hydrogens (tertiary/aromatic N) is 3. The molecule has 0 bridgehead atoms. The molecule has 0 fully saturated rings. The summed E-state index contributed by atoms with van der Waals surface area (Å²) in [5, 5.41) is 9.26. The first-order valence-electron chi connectivity index (χ1n) is 7.43. The summed E-state index contributed by atoms with van der Waals surface area (Å²) in [4.78, 5) is 22.3. The smallest absolute Gasteiger partial charge is 0.214 e. The number of hydrogen-bond donors (Lipinski definition) is 2. The van der Waals surface area contributed by atoms with Gasteiger partial charge in [0.05, 0.1) is 6.54 Å². The first kappa shape index (κ1) is 19.8. The molecular formula is C15H24N4O2S2. The van der Waals surface area contributed by atoms with E-state index in [0.717, 1.165) is 29.2 Å². The molecule has 0 aromatic carbocycles. The molecule has 0 aliphatic carbocycles. The summed E-state index contributed by atoms with van der Waals surface area (Å²) in [6.45, 7) is 6.13. The van der Waals surface area contributed by atoms with Gasteiger partial charge in [-0.1, -0.05) is 28.5 Å². The van der Waals surface area contributed by atoms with Crippen LogP contribution in [-0.4, -0.2) is 38.7 Å². The lowest BCUT2D eigenvalue weighted by atomic mass is 10.2. The predicted molar refractivity (Wildman–Crippen MR) is 97.5 cm³/mol. The van der Waals surface area contributed by atoms with Gasteiger partial charge in [0, 0.05) is 41.1 Å². The van der Waals surface area contributed by atoms with Crippen LogP contribution in [0.1, 0.15) is 38.1 Å². The van der Waals surface area contributed by atoms with E-state index in [1.807, 2.05) is 6.92 Å². The van der Waals surface area contributed by atoms with Crippen molar-refractivity contribution in [1.82, 2.24) is 14.9 Å². The van der Waals surface area contributed by atoms with Gasteiger partial charge in [-0.2, -0.15) is 0 Å². The van der Waals surface area contributed by atoms with Crippen LogP contribution in [0.25, 0.3) is 0 Å². The average molecular weight is 357 g/mol. The van der Waals surface area contributed by atoms with Crippen molar-refractivity contribution in [2.45, 2.75) is 40.2 Å². The van der Waals surface area contributed by atoms with Gasteiger partial charge in [-0.25, -0.2) is 9.97 Å². The second-order valence-corrected chi connectivity index (χ2v) is 7.46. The molecule has 0 aliphatic rings. The number of carbonyl (C=O) groups is 1. The largest absolute Gasteiger partial charge is 0.396 e. The zero-order valence-electron chi connectivity index (χ0n) is 13.8. The lowest BCUT2D eigenvalue weighted by Gasteiger charge is -2.22. The highest BCUT2D eigenvalue weighted by Gasteiger charge is 2.14. The first-order chi connectivity index (χ1) is 11.0. The number of nitrogen functional groups attached to an aromatic ring is 1. The van der Waals surface area contributed by atoms with Crippen LogP contribution in [0.4, 0.5) is 5.82 Å². The number of allylic oxidation sites excluding steroid dienone is 1. The van der Waals surface area contributed by atoms with E-state index in [1.54, 1.807) is 39.6 Å². The third-order valence-electron chi connectivity index (χ3n) is 3.11. The Kier molecular flexibility index (Phi) is 9.05. The van der Waals surface area contributed by atoms with Gasteiger partial charge in [0.1, 0.15) is 11.6 Å². The molecule has 0 spiro atoms. The third kappa shape index (κ3) is 6.40. The summed E-state index contributed by atoms with van der Waals surface area (Å²) >= 11 is 0. The van der Waals surface area contributed by atoms with Crippen LogP contribution in [0.2, 0.25) is 0 Å². The number of carbonyl (C=O) groups excluding carboxylic acids is 1. The quantitative estimate of drug-likeness (QED) is 0.378. The van der Waals surface area contributed by atoms with Crippen LogP contribution in [-0.2, 0) is 11.3 Å². The lowest BCUT2D eigenvalue weighted by molar-refractivity contribution is -0.116. The molecule has 0 saturated carbocycles. The summed E-state index contributed by atoms with van der Waals surface area (Å²) in [5.41, 5.74) is 7.43. The number of amides is 1. The summed E-state index contributed by atoms with van der Waals surface area (Å²) < 4.78 is 0. The van der Waals surface area contributed by atoms with Gasteiger partial charge in [-0.15, -0.1) is 0 Å². The van der Waals surface area contributed by atoms with Crippen LogP contribution >= 0.6 is 21.6 Å². The topological polar surface area (TPSA) is 92.3 Å². The van der Waals surface area contributed by atoms with E-state index >= 15 is 0 Å². The minimum Gasteiger partial charge on any atom is -0.396 e. The van der Waals surface area contributed by atoms with Crippen molar-refractivity contribution in [3.05, 3.63) is 28.2 Å². The molecule has 1 heterocycles. The highest BCUT2D eigenvalue weighted by Crippen LogP contribution is 2.35. The van der Waals surface area contributed by atoms with Gasteiger partial charge >= 0.3 is 0 Å². The highest BCUT2D eigenvalue weighted by molar-refractivity contribution is 8.78. The van der Waals surface area contributed by atoms with Crippen molar-refractivity contribution in [3.8, 4) is 0 Å². The number of aliphatic hydroxyl groups excluding tert-OH is 1. The van der Waals surface area contributed by atoms with Gasteiger partial charge in [0.25, 0.3) is 0 Å². The Morgan fingerprint density at radius 1 is 1.52 bits per heavy atom. The molecule has 3 N–H and O–H groups in total. The highest BCUT2D eigenvalue weighted by atomic mass is 33.1. The molecule has 23 heavy (non-hydrogen) atoms. The Labute approximate surface area is 145 Å².